The van der Waals surface area contributed by atoms with Crippen LogP contribution in [0.15, 0.2) is 53.5 Å². The van der Waals surface area contributed by atoms with E-state index in [-0.39, 0.29) is 30.1 Å². The number of carbonyl (C=O) groups excluding carboxylic acids is 1. The van der Waals surface area contributed by atoms with Gasteiger partial charge in [-0.15, -0.1) is 0 Å². The molecule has 0 radical (unpaired) electrons. The first-order chi connectivity index (χ1) is 16.7. The maximum absolute atomic E-state index is 13.2. The molecule has 0 atom stereocenters. The lowest BCUT2D eigenvalue weighted by Gasteiger charge is -2.25. The lowest BCUT2D eigenvalue weighted by Crippen LogP contribution is -2.41. The molecule has 1 aromatic heterocycles. The second kappa shape index (κ2) is 10.6. The fourth-order valence-corrected chi connectivity index (χ4v) is 3.62. The highest BCUT2D eigenvalue weighted by molar-refractivity contribution is 6.01. The molecule has 0 unspecified atom stereocenters. The number of rotatable bonds is 8. The number of nitrogens with zero attached hydrogens (tertiary/aromatic N) is 2. The summed E-state index contributed by atoms with van der Waals surface area (Å²) in [5.74, 6) is -0.279. The molecule has 0 bridgehead atoms. The van der Waals surface area contributed by atoms with Crippen LogP contribution in [-0.4, -0.2) is 47.5 Å². The van der Waals surface area contributed by atoms with Crippen molar-refractivity contribution in [3.05, 3.63) is 64.6 Å². The van der Waals surface area contributed by atoms with Crippen molar-refractivity contribution >= 4 is 23.4 Å². The SMILES string of the molecule is COc1ccc(OC)c(-c2cccc(N(C(=O)NCCC(=O)O)c3c(O)c(C)cn(C)c3=O)c2)c1. The number of amides is 2. The smallest absolute Gasteiger partial charge is 0.326 e. The molecule has 0 saturated heterocycles. The largest absolute Gasteiger partial charge is 0.505 e. The number of methoxy groups -OCH3 is 2. The van der Waals surface area contributed by atoms with E-state index in [1.807, 2.05) is 0 Å². The number of anilines is 2. The number of hydrogen-bond donors (Lipinski definition) is 3. The molecule has 0 aliphatic rings. The summed E-state index contributed by atoms with van der Waals surface area (Å²) in [5.41, 5.74) is 1.14. The Bertz CT molecular complexity index is 1320. The van der Waals surface area contributed by atoms with Crippen LogP contribution in [0.1, 0.15) is 12.0 Å². The van der Waals surface area contributed by atoms with Crippen molar-refractivity contribution in [1.82, 2.24) is 9.88 Å². The zero-order chi connectivity index (χ0) is 25.7. The number of aromatic nitrogens is 1. The molecule has 0 aliphatic heterocycles. The van der Waals surface area contributed by atoms with E-state index in [1.165, 1.54) is 24.9 Å². The number of benzene rings is 2. The highest BCUT2D eigenvalue weighted by atomic mass is 16.5. The Balaban J connectivity index is 2.19. The molecule has 35 heavy (non-hydrogen) atoms. The van der Waals surface area contributed by atoms with Crippen LogP contribution < -0.4 is 25.2 Å². The van der Waals surface area contributed by atoms with Gasteiger partial charge in [-0.05, 0) is 42.8 Å². The van der Waals surface area contributed by atoms with Gasteiger partial charge in [0.25, 0.3) is 5.56 Å². The number of pyridine rings is 1. The van der Waals surface area contributed by atoms with E-state index in [1.54, 1.807) is 56.5 Å². The number of carboxylic acids is 1. The topological polar surface area (TPSA) is 130 Å². The molecule has 10 nitrogen and oxygen atoms in total. The average molecular weight is 482 g/mol. The van der Waals surface area contributed by atoms with Gasteiger partial charge in [-0.3, -0.25) is 14.5 Å². The van der Waals surface area contributed by atoms with Gasteiger partial charge < -0.3 is 29.6 Å². The highest BCUT2D eigenvalue weighted by Crippen LogP contribution is 2.38. The Labute approximate surface area is 202 Å². The predicted octanol–water partition coefficient (Wildman–Crippen LogP) is 3.41. The van der Waals surface area contributed by atoms with Gasteiger partial charge in [-0.2, -0.15) is 0 Å². The van der Waals surface area contributed by atoms with Crippen LogP contribution in [0.25, 0.3) is 11.1 Å². The number of aromatic hydroxyl groups is 1. The van der Waals surface area contributed by atoms with Crippen LogP contribution in [-0.2, 0) is 11.8 Å². The lowest BCUT2D eigenvalue weighted by atomic mass is 10.0. The number of carboxylic acid groups (broad SMARTS) is 1. The van der Waals surface area contributed by atoms with Gasteiger partial charge >= 0.3 is 12.0 Å². The van der Waals surface area contributed by atoms with Crippen LogP contribution in [0, 0.1) is 6.92 Å². The van der Waals surface area contributed by atoms with Crippen LogP contribution in [0.4, 0.5) is 16.2 Å². The standard InChI is InChI=1S/C25H27N3O7/c1-15-14-27(2)24(32)22(23(15)31)28(25(33)26-11-10-21(29)30)17-7-5-6-16(12-17)19-13-18(34-3)8-9-20(19)35-4/h5-9,12-14,31H,10-11H2,1-4H3,(H,26,33)(H,29,30). The number of ether oxygens (including phenoxy) is 2. The second-order valence-electron chi connectivity index (χ2n) is 7.75. The van der Waals surface area contributed by atoms with E-state index in [9.17, 15) is 19.5 Å². The van der Waals surface area contributed by atoms with Crippen LogP contribution in [0.3, 0.4) is 0 Å². The van der Waals surface area contributed by atoms with E-state index in [0.717, 1.165) is 4.90 Å². The maximum Gasteiger partial charge on any atom is 0.326 e. The third-order valence-corrected chi connectivity index (χ3v) is 5.37. The van der Waals surface area contributed by atoms with Gasteiger partial charge in [0.15, 0.2) is 5.69 Å². The molecule has 1 heterocycles. The fraction of sp³-hybridized carbons (Fsp3) is 0.240. The molecular formula is C25H27N3O7. The first kappa shape index (κ1) is 25.2. The summed E-state index contributed by atoms with van der Waals surface area (Å²) in [5, 5.41) is 22.2. The van der Waals surface area contributed by atoms with Crippen LogP contribution >= 0.6 is 0 Å². The Hall–Kier alpha value is -4.47. The van der Waals surface area contributed by atoms with Crippen molar-refractivity contribution in [1.29, 1.82) is 0 Å². The van der Waals surface area contributed by atoms with Crippen molar-refractivity contribution < 1.29 is 29.3 Å². The van der Waals surface area contributed by atoms with Crippen molar-refractivity contribution in [2.45, 2.75) is 13.3 Å². The minimum absolute atomic E-state index is 0.166. The zero-order valence-electron chi connectivity index (χ0n) is 19.9. The molecule has 3 rings (SSSR count). The van der Waals surface area contributed by atoms with Crippen molar-refractivity contribution in [2.24, 2.45) is 7.05 Å². The summed E-state index contributed by atoms with van der Waals surface area (Å²) in [4.78, 5) is 38.2. The van der Waals surface area contributed by atoms with Crippen molar-refractivity contribution in [3.63, 3.8) is 0 Å². The maximum atomic E-state index is 13.2. The number of aliphatic carboxylic acids is 1. The second-order valence-corrected chi connectivity index (χ2v) is 7.75. The Kier molecular flexibility index (Phi) is 7.65. The average Bonchev–Trinajstić information content (AvgIpc) is 2.84. The highest BCUT2D eigenvalue weighted by Gasteiger charge is 2.26. The van der Waals surface area contributed by atoms with Gasteiger partial charge in [0.05, 0.1) is 26.3 Å². The zero-order valence-corrected chi connectivity index (χ0v) is 19.9. The van der Waals surface area contributed by atoms with Crippen molar-refractivity contribution in [2.75, 3.05) is 25.7 Å². The quantitative estimate of drug-likeness (QED) is 0.449. The van der Waals surface area contributed by atoms with Crippen LogP contribution in [0.2, 0.25) is 0 Å². The van der Waals surface area contributed by atoms with Gasteiger partial charge in [-0.1, -0.05) is 12.1 Å². The molecule has 3 N–H and O–H groups in total. The third kappa shape index (κ3) is 5.37. The minimum atomic E-state index is -1.08. The molecule has 2 amide bonds. The molecule has 0 fully saturated rings. The number of carbonyl (C=O) groups is 2. The van der Waals surface area contributed by atoms with E-state index >= 15 is 0 Å². The molecular weight excluding hydrogens is 454 g/mol. The molecule has 10 heteroatoms. The Morgan fingerprint density at radius 2 is 1.86 bits per heavy atom. The van der Waals surface area contributed by atoms with E-state index in [4.69, 9.17) is 14.6 Å². The molecule has 0 saturated carbocycles. The monoisotopic (exact) mass is 481 g/mol. The summed E-state index contributed by atoms with van der Waals surface area (Å²) in [7, 11) is 4.59. The lowest BCUT2D eigenvalue weighted by molar-refractivity contribution is -0.136. The Morgan fingerprint density at radius 1 is 1.11 bits per heavy atom. The summed E-state index contributed by atoms with van der Waals surface area (Å²) >= 11 is 0. The number of aryl methyl sites for hydroxylation is 2. The number of urea groups is 1. The normalized spacial score (nSPS) is 10.5. The first-order valence-corrected chi connectivity index (χ1v) is 10.7. The van der Waals surface area contributed by atoms with E-state index < -0.39 is 17.6 Å². The van der Waals surface area contributed by atoms with Gasteiger partial charge in [0.1, 0.15) is 17.2 Å². The molecule has 2 aromatic carbocycles. The van der Waals surface area contributed by atoms with E-state index in [0.29, 0.717) is 28.2 Å². The summed E-state index contributed by atoms with van der Waals surface area (Å²) in [6.45, 7) is 1.44. The van der Waals surface area contributed by atoms with Crippen LogP contribution in [0.5, 0.6) is 17.2 Å². The first-order valence-electron chi connectivity index (χ1n) is 10.7. The summed E-state index contributed by atoms with van der Waals surface area (Å²) < 4.78 is 12.1. The number of hydrogen-bond acceptors (Lipinski definition) is 6. The van der Waals surface area contributed by atoms with Gasteiger partial charge in [0.2, 0.25) is 0 Å². The number of nitrogens with one attached hydrogen (secondary N) is 1. The van der Waals surface area contributed by atoms with Gasteiger partial charge in [-0.25, -0.2) is 4.79 Å². The third-order valence-electron chi connectivity index (χ3n) is 5.37. The van der Waals surface area contributed by atoms with Crippen molar-refractivity contribution in [3.8, 4) is 28.4 Å². The Morgan fingerprint density at radius 3 is 2.51 bits per heavy atom. The molecule has 184 valence electrons. The molecule has 3 aromatic rings. The minimum Gasteiger partial charge on any atom is -0.505 e. The molecule has 0 aliphatic carbocycles. The summed E-state index contributed by atoms with van der Waals surface area (Å²) in [6.07, 6.45) is 1.15. The molecule has 0 spiro atoms. The summed E-state index contributed by atoms with van der Waals surface area (Å²) in [6, 6.07) is 11.3. The van der Waals surface area contributed by atoms with Gasteiger partial charge in [0, 0.05) is 30.9 Å². The fourth-order valence-electron chi connectivity index (χ4n) is 3.62. The van der Waals surface area contributed by atoms with E-state index in [2.05, 4.69) is 5.32 Å². The predicted molar refractivity (Wildman–Crippen MR) is 131 cm³/mol.